The smallest absolute Gasteiger partial charge is 0.391 e. The zero-order valence-corrected chi connectivity index (χ0v) is 13.3. The van der Waals surface area contributed by atoms with Crippen LogP contribution in [0.3, 0.4) is 0 Å². The number of halogens is 3. The van der Waals surface area contributed by atoms with Crippen LogP contribution in [0, 0.1) is 0 Å². The molecule has 0 radical (unpaired) electrons. The van der Waals surface area contributed by atoms with Crippen LogP contribution in [0.2, 0.25) is 0 Å². The Bertz CT molecular complexity index is 933. The van der Waals surface area contributed by atoms with Crippen LogP contribution in [-0.2, 0) is 11.3 Å². The van der Waals surface area contributed by atoms with Gasteiger partial charge in [0.25, 0.3) is 5.91 Å². The monoisotopic (exact) mass is 372 g/mol. The number of rotatable bonds is 3. The first kappa shape index (κ1) is 18.0. The molecule has 0 spiro atoms. The van der Waals surface area contributed by atoms with Crippen molar-refractivity contribution in [2.75, 3.05) is 6.54 Å². The van der Waals surface area contributed by atoms with Crippen LogP contribution in [0.15, 0.2) is 23.0 Å². The molecule has 3 rings (SSSR count). The number of hydrogen-bond acceptors (Lipinski definition) is 4. The molecule has 1 aliphatic heterocycles. The Labute approximate surface area is 144 Å². The van der Waals surface area contributed by atoms with Crippen molar-refractivity contribution in [2.24, 2.45) is 5.73 Å². The number of hydrogen-bond donors (Lipinski definition) is 3. The van der Waals surface area contributed by atoms with Crippen molar-refractivity contribution in [3.8, 4) is 0 Å². The molecule has 2 atom stereocenters. The van der Waals surface area contributed by atoms with Crippen LogP contribution >= 0.6 is 0 Å². The van der Waals surface area contributed by atoms with Crippen molar-refractivity contribution in [1.29, 1.82) is 0 Å². The van der Waals surface area contributed by atoms with Crippen LogP contribution in [0.5, 0.6) is 0 Å². The Balaban J connectivity index is 2.00. The highest BCUT2D eigenvalue weighted by molar-refractivity contribution is 6.00. The largest absolute Gasteiger partial charge is 0.406 e. The molecule has 0 aliphatic carbocycles. The first-order valence-electron chi connectivity index (χ1n) is 7.64. The minimum absolute atomic E-state index is 0.00768. The van der Waals surface area contributed by atoms with E-state index in [1.54, 1.807) is 0 Å². The molecule has 1 fully saturated rings. The first-order chi connectivity index (χ1) is 12.1. The summed E-state index contributed by atoms with van der Waals surface area (Å²) in [7, 11) is 0. The molecule has 2 aromatic rings. The number of amides is 2. The molecule has 140 valence electrons. The van der Waals surface area contributed by atoms with Crippen molar-refractivity contribution in [1.82, 2.24) is 14.5 Å². The number of fused-ring (bicyclic) bond motifs is 1. The third-order valence-electron chi connectivity index (χ3n) is 4.23. The van der Waals surface area contributed by atoms with E-state index in [0.29, 0.717) is 4.57 Å². The summed E-state index contributed by atoms with van der Waals surface area (Å²) >= 11 is 0. The molecule has 1 aromatic heterocycles. The number of aliphatic hydroxyl groups excluding tert-OH is 1. The minimum atomic E-state index is -4.62. The Morgan fingerprint density at radius 1 is 1.35 bits per heavy atom. The Hall–Kier alpha value is -2.82. The topological polar surface area (TPSA) is 121 Å². The van der Waals surface area contributed by atoms with Gasteiger partial charge in [-0.25, -0.2) is 4.79 Å². The van der Waals surface area contributed by atoms with Crippen molar-refractivity contribution < 1.29 is 27.9 Å². The number of likely N-dealkylation sites (tertiary alicyclic amines) is 1. The van der Waals surface area contributed by atoms with Gasteiger partial charge < -0.3 is 20.7 Å². The van der Waals surface area contributed by atoms with Gasteiger partial charge in [-0.15, -0.1) is 0 Å². The number of H-pyrrole nitrogens is 1. The molecule has 1 saturated heterocycles. The molecule has 0 unspecified atom stereocenters. The number of carbonyl (C=O) groups excluding carboxylic acids is 2. The molecular weight excluding hydrogens is 357 g/mol. The van der Waals surface area contributed by atoms with E-state index in [-0.39, 0.29) is 29.6 Å². The van der Waals surface area contributed by atoms with Crippen molar-refractivity contribution >= 4 is 22.8 Å². The number of aliphatic hydroxyl groups is 1. The molecule has 1 aromatic carbocycles. The normalized spacial score (nSPS) is 20.7. The number of carbonyl (C=O) groups is 2. The second-order valence-corrected chi connectivity index (χ2v) is 6.13. The van der Waals surface area contributed by atoms with E-state index in [1.807, 2.05) is 0 Å². The Morgan fingerprint density at radius 3 is 2.65 bits per heavy atom. The summed E-state index contributed by atoms with van der Waals surface area (Å²) < 4.78 is 38.5. The molecule has 0 saturated carbocycles. The van der Waals surface area contributed by atoms with Crippen LogP contribution in [0.1, 0.15) is 16.8 Å². The summed E-state index contributed by atoms with van der Waals surface area (Å²) in [5.74, 6) is -1.45. The molecule has 2 amide bonds. The summed E-state index contributed by atoms with van der Waals surface area (Å²) in [6.07, 6.45) is -5.54. The summed E-state index contributed by atoms with van der Waals surface area (Å²) in [5, 5.41) is 9.68. The van der Waals surface area contributed by atoms with Gasteiger partial charge in [0.1, 0.15) is 12.6 Å². The van der Waals surface area contributed by atoms with Gasteiger partial charge in [-0.2, -0.15) is 13.2 Å². The van der Waals surface area contributed by atoms with Gasteiger partial charge in [0.05, 0.1) is 17.1 Å². The highest BCUT2D eigenvalue weighted by Crippen LogP contribution is 2.24. The minimum Gasteiger partial charge on any atom is -0.391 e. The number of aromatic nitrogens is 2. The molecule has 0 bridgehead atoms. The zero-order valence-electron chi connectivity index (χ0n) is 13.3. The maximum atomic E-state index is 12.7. The van der Waals surface area contributed by atoms with Gasteiger partial charge >= 0.3 is 11.9 Å². The molecule has 1 aliphatic rings. The number of alkyl halides is 3. The van der Waals surface area contributed by atoms with Gasteiger partial charge in [0.2, 0.25) is 5.91 Å². The van der Waals surface area contributed by atoms with Crippen LogP contribution in [0.4, 0.5) is 13.2 Å². The van der Waals surface area contributed by atoms with E-state index in [4.69, 9.17) is 5.73 Å². The fraction of sp³-hybridized carbons (Fsp3) is 0.400. The van der Waals surface area contributed by atoms with Crippen LogP contribution in [-0.4, -0.2) is 56.2 Å². The molecular formula is C15H15F3N4O4. The molecule has 2 heterocycles. The van der Waals surface area contributed by atoms with E-state index in [0.717, 1.165) is 11.0 Å². The highest BCUT2D eigenvalue weighted by atomic mass is 19.4. The lowest BCUT2D eigenvalue weighted by molar-refractivity contribution is -0.140. The van der Waals surface area contributed by atoms with Gasteiger partial charge in [-0.3, -0.25) is 14.2 Å². The lowest BCUT2D eigenvalue weighted by Crippen LogP contribution is -2.43. The van der Waals surface area contributed by atoms with E-state index >= 15 is 0 Å². The second kappa shape index (κ2) is 6.16. The molecule has 8 nitrogen and oxygen atoms in total. The summed E-state index contributed by atoms with van der Waals surface area (Å²) in [6, 6.07) is 2.77. The van der Waals surface area contributed by atoms with Gasteiger partial charge in [0, 0.05) is 18.5 Å². The number of imidazole rings is 1. The Morgan fingerprint density at radius 2 is 2.04 bits per heavy atom. The molecule has 11 heteroatoms. The quantitative estimate of drug-likeness (QED) is 0.699. The first-order valence-corrected chi connectivity index (χ1v) is 7.64. The fourth-order valence-electron chi connectivity index (χ4n) is 3.10. The number of nitrogens with two attached hydrogens (primary N) is 1. The number of aromatic amines is 1. The van der Waals surface area contributed by atoms with Gasteiger partial charge in [-0.05, 0) is 18.2 Å². The van der Waals surface area contributed by atoms with Crippen molar-refractivity contribution in [2.45, 2.75) is 31.3 Å². The van der Waals surface area contributed by atoms with E-state index in [9.17, 15) is 32.7 Å². The summed E-state index contributed by atoms with van der Waals surface area (Å²) in [5.41, 5.74) is 4.32. The maximum absolute atomic E-state index is 12.7. The Kier molecular flexibility index (Phi) is 4.26. The average Bonchev–Trinajstić information content (AvgIpc) is 3.06. The molecule has 4 N–H and O–H groups in total. The SMILES string of the molecule is NC(=O)[C@@H]1C[C@@H](O)CN1C(=O)c1ccc2[nH]c(=O)n(CC(F)(F)F)c2c1. The van der Waals surface area contributed by atoms with E-state index in [1.165, 1.54) is 12.1 Å². The van der Waals surface area contributed by atoms with E-state index in [2.05, 4.69) is 4.98 Å². The summed E-state index contributed by atoms with van der Waals surface area (Å²) in [6.45, 7) is -1.62. The van der Waals surface area contributed by atoms with E-state index < -0.39 is 42.4 Å². The fourth-order valence-corrected chi connectivity index (χ4v) is 3.10. The maximum Gasteiger partial charge on any atom is 0.406 e. The molecule has 26 heavy (non-hydrogen) atoms. The van der Waals surface area contributed by atoms with Gasteiger partial charge in [-0.1, -0.05) is 0 Å². The predicted molar refractivity (Wildman–Crippen MR) is 83.3 cm³/mol. The second-order valence-electron chi connectivity index (χ2n) is 6.13. The lowest BCUT2D eigenvalue weighted by atomic mass is 10.1. The summed E-state index contributed by atoms with van der Waals surface area (Å²) in [4.78, 5) is 39.2. The van der Waals surface area contributed by atoms with Gasteiger partial charge in [0.15, 0.2) is 0 Å². The number of benzene rings is 1. The van der Waals surface area contributed by atoms with Crippen LogP contribution in [0.25, 0.3) is 11.0 Å². The third-order valence-corrected chi connectivity index (χ3v) is 4.23. The van der Waals surface area contributed by atoms with Crippen molar-refractivity contribution in [3.05, 3.63) is 34.2 Å². The van der Waals surface area contributed by atoms with Crippen molar-refractivity contribution in [3.63, 3.8) is 0 Å². The lowest BCUT2D eigenvalue weighted by Gasteiger charge is -2.22. The zero-order chi connectivity index (χ0) is 19.2. The van der Waals surface area contributed by atoms with Crippen LogP contribution < -0.4 is 11.4 Å². The number of nitrogens with one attached hydrogen (secondary N) is 1. The highest BCUT2D eigenvalue weighted by Gasteiger charge is 2.38. The third kappa shape index (κ3) is 3.29. The standard InChI is InChI=1S/C15H15F3N4O4/c16-15(17,18)6-22-10-3-7(1-2-9(10)20-14(22)26)13(25)21-5-8(23)4-11(21)12(19)24/h1-3,8,11,23H,4-6H2,(H2,19,24)(H,20,26)/t8-,11+/m1/s1. The average molecular weight is 372 g/mol. The number of β-amino-alcohol motifs (C(OH)–C–C–N with tert-alkyl or cyclic N) is 1. The number of primary amides is 1. The predicted octanol–water partition coefficient (Wildman–Crippen LogP) is -0.0474. The number of nitrogens with zero attached hydrogens (tertiary/aromatic N) is 2.